The van der Waals surface area contributed by atoms with Gasteiger partial charge in [0.1, 0.15) is 0 Å². The highest BCUT2D eigenvalue weighted by atomic mass is 14.5. The molecule has 0 N–H and O–H groups in total. The van der Waals surface area contributed by atoms with Gasteiger partial charge in [0.05, 0.1) is 0 Å². The zero-order valence-corrected chi connectivity index (χ0v) is 13.4. The van der Waals surface area contributed by atoms with E-state index in [4.69, 9.17) is 0 Å². The molecule has 0 heterocycles. The molecule has 1 fully saturated rings. The van der Waals surface area contributed by atoms with Gasteiger partial charge in [-0.05, 0) is 62.0 Å². The summed E-state index contributed by atoms with van der Waals surface area (Å²) in [5.74, 6) is 0. The monoisotopic (exact) mass is 258 g/mol. The Labute approximate surface area is 120 Å². The maximum Gasteiger partial charge on any atom is -0.00703 e. The van der Waals surface area contributed by atoms with E-state index in [1.54, 1.807) is 0 Å². The van der Waals surface area contributed by atoms with E-state index in [0.717, 1.165) is 0 Å². The highest BCUT2D eigenvalue weighted by Gasteiger charge is 2.41. The Bertz CT molecular complexity index is 408. The van der Waals surface area contributed by atoms with Crippen molar-refractivity contribution in [3.63, 3.8) is 0 Å². The number of hydrogen-bond donors (Lipinski definition) is 0. The van der Waals surface area contributed by atoms with Gasteiger partial charge in [-0.25, -0.2) is 0 Å². The molecular formula is C19H30. The van der Waals surface area contributed by atoms with Gasteiger partial charge in [-0.15, -0.1) is 0 Å². The van der Waals surface area contributed by atoms with E-state index in [2.05, 4.69) is 71.6 Å². The van der Waals surface area contributed by atoms with E-state index in [9.17, 15) is 0 Å². The van der Waals surface area contributed by atoms with Crippen molar-refractivity contribution >= 4 is 0 Å². The third-order valence-corrected chi connectivity index (χ3v) is 4.82. The molecule has 1 aliphatic carbocycles. The SMILES string of the molecule is C=C/C(=C\C)C1(C)CCCC(C)(C(/C=C\C)=C/C)C1. The van der Waals surface area contributed by atoms with E-state index < -0.39 is 0 Å². The van der Waals surface area contributed by atoms with E-state index in [1.807, 2.05) is 0 Å². The fraction of sp³-hybridized carbons (Fsp3) is 0.579. The summed E-state index contributed by atoms with van der Waals surface area (Å²) < 4.78 is 0. The normalized spacial score (nSPS) is 33.7. The fourth-order valence-corrected chi connectivity index (χ4v) is 3.94. The maximum atomic E-state index is 4.00. The summed E-state index contributed by atoms with van der Waals surface area (Å²) in [5, 5.41) is 0. The van der Waals surface area contributed by atoms with Crippen LogP contribution in [0.4, 0.5) is 0 Å². The number of hydrogen-bond acceptors (Lipinski definition) is 0. The van der Waals surface area contributed by atoms with Crippen LogP contribution < -0.4 is 0 Å². The molecule has 0 spiro atoms. The minimum Gasteiger partial charge on any atom is -0.0988 e. The molecule has 0 bridgehead atoms. The van der Waals surface area contributed by atoms with Crippen molar-refractivity contribution in [3.8, 4) is 0 Å². The largest absolute Gasteiger partial charge is 0.0988 e. The third kappa shape index (κ3) is 3.29. The van der Waals surface area contributed by atoms with Gasteiger partial charge >= 0.3 is 0 Å². The smallest absolute Gasteiger partial charge is 0.00703 e. The molecule has 106 valence electrons. The standard InChI is InChI=1S/C19H30/c1-7-12-17(10-4)19(6)14-11-13-18(5,15-19)16(8-2)9-3/h7-10,12H,2,11,13-15H2,1,3-6H3/b12-7-,16-9+,17-10+. The summed E-state index contributed by atoms with van der Waals surface area (Å²) >= 11 is 0. The predicted molar refractivity (Wildman–Crippen MR) is 87.2 cm³/mol. The van der Waals surface area contributed by atoms with E-state index in [1.165, 1.54) is 36.8 Å². The third-order valence-electron chi connectivity index (χ3n) is 4.82. The Morgan fingerprint density at radius 3 is 1.89 bits per heavy atom. The van der Waals surface area contributed by atoms with Crippen molar-refractivity contribution in [1.82, 2.24) is 0 Å². The average molecular weight is 258 g/mol. The van der Waals surface area contributed by atoms with E-state index >= 15 is 0 Å². The lowest BCUT2D eigenvalue weighted by Crippen LogP contribution is -2.34. The molecule has 0 radical (unpaired) electrons. The summed E-state index contributed by atoms with van der Waals surface area (Å²) in [6, 6.07) is 0. The van der Waals surface area contributed by atoms with Crippen molar-refractivity contribution in [3.05, 3.63) is 48.1 Å². The second kappa shape index (κ2) is 6.41. The van der Waals surface area contributed by atoms with Gasteiger partial charge in [-0.2, -0.15) is 0 Å². The highest BCUT2D eigenvalue weighted by Crippen LogP contribution is 2.53. The Morgan fingerprint density at radius 1 is 0.947 bits per heavy atom. The molecular weight excluding hydrogens is 228 g/mol. The van der Waals surface area contributed by atoms with Crippen LogP contribution in [0.3, 0.4) is 0 Å². The number of allylic oxidation sites excluding steroid dienone is 7. The first-order chi connectivity index (χ1) is 8.95. The van der Waals surface area contributed by atoms with Gasteiger partial charge in [0.2, 0.25) is 0 Å². The molecule has 0 aromatic carbocycles. The van der Waals surface area contributed by atoms with Crippen LogP contribution in [-0.2, 0) is 0 Å². The zero-order valence-electron chi connectivity index (χ0n) is 13.4. The molecule has 0 saturated heterocycles. The van der Waals surface area contributed by atoms with Crippen molar-refractivity contribution < 1.29 is 0 Å². The molecule has 0 aliphatic heterocycles. The number of rotatable bonds is 4. The summed E-state index contributed by atoms with van der Waals surface area (Å²) in [4.78, 5) is 0. The second-order valence-corrected chi connectivity index (χ2v) is 6.34. The van der Waals surface area contributed by atoms with E-state index in [-0.39, 0.29) is 5.41 Å². The topological polar surface area (TPSA) is 0 Å². The molecule has 0 heteroatoms. The van der Waals surface area contributed by atoms with Crippen LogP contribution in [0.5, 0.6) is 0 Å². The Kier molecular flexibility index (Phi) is 5.40. The van der Waals surface area contributed by atoms with Crippen molar-refractivity contribution in [2.24, 2.45) is 10.8 Å². The summed E-state index contributed by atoms with van der Waals surface area (Å²) in [7, 11) is 0. The highest BCUT2D eigenvalue weighted by molar-refractivity contribution is 5.31. The van der Waals surface area contributed by atoms with Crippen molar-refractivity contribution in [1.29, 1.82) is 0 Å². The quantitative estimate of drug-likeness (QED) is 0.524. The zero-order chi connectivity index (χ0) is 14.5. The van der Waals surface area contributed by atoms with Crippen LogP contribution in [0.1, 0.15) is 60.3 Å². The van der Waals surface area contributed by atoms with Gasteiger partial charge in [-0.3, -0.25) is 0 Å². The molecule has 2 unspecified atom stereocenters. The summed E-state index contributed by atoms with van der Waals surface area (Å²) in [6.07, 6.45) is 16.1. The van der Waals surface area contributed by atoms with Gasteiger partial charge in [0.25, 0.3) is 0 Å². The van der Waals surface area contributed by atoms with Gasteiger partial charge in [-0.1, -0.05) is 57.2 Å². The average Bonchev–Trinajstić information content (AvgIpc) is 2.36. The molecule has 1 saturated carbocycles. The van der Waals surface area contributed by atoms with Gasteiger partial charge in [0, 0.05) is 0 Å². The van der Waals surface area contributed by atoms with Crippen molar-refractivity contribution in [2.75, 3.05) is 0 Å². The van der Waals surface area contributed by atoms with Crippen LogP contribution >= 0.6 is 0 Å². The molecule has 0 aromatic heterocycles. The molecule has 1 rings (SSSR count). The molecule has 0 amide bonds. The van der Waals surface area contributed by atoms with Gasteiger partial charge < -0.3 is 0 Å². The minimum absolute atomic E-state index is 0.277. The molecule has 1 aliphatic rings. The first-order valence-corrected chi connectivity index (χ1v) is 7.54. The minimum atomic E-state index is 0.277. The van der Waals surface area contributed by atoms with Crippen LogP contribution in [0.2, 0.25) is 0 Å². The van der Waals surface area contributed by atoms with Crippen LogP contribution in [0.15, 0.2) is 48.1 Å². The first-order valence-electron chi connectivity index (χ1n) is 7.54. The molecule has 19 heavy (non-hydrogen) atoms. The lowest BCUT2D eigenvalue weighted by Gasteiger charge is -2.46. The Hall–Kier alpha value is -1.04. The lowest BCUT2D eigenvalue weighted by molar-refractivity contribution is 0.150. The van der Waals surface area contributed by atoms with Crippen LogP contribution in [0, 0.1) is 10.8 Å². The van der Waals surface area contributed by atoms with E-state index in [0.29, 0.717) is 5.41 Å². The summed E-state index contributed by atoms with van der Waals surface area (Å²) in [5.41, 5.74) is 3.47. The molecule has 0 nitrogen and oxygen atoms in total. The van der Waals surface area contributed by atoms with Crippen LogP contribution in [-0.4, -0.2) is 0 Å². The predicted octanol–water partition coefficient (Wildman–Crippen LogP) is 6.23. The lowest BCUT2D eigenvalue weighted by atomic mass is 9.58. The van der Waals surface area contributed by atoms with Gasteiger partial charge in [0.15, 0.2) is 0 Å². The summed E-state index contributed by atoms with van der Waals surface area (Å²) in [6.45, 7) is 15.2. The maximum absolute atomic E-state index is 4.00. The molecule has 2 atom stereocenters. The Balaban J connectivity index is 3.11. The first kappa shape index (κ1) is 16.0. The second-order valence-electron chi connectivity index (χ2n) is 6.34. The van der Waals surface area contributed by atoms with Crippen LogP contribution in [0.25, 0.3) is 0 Å². The van der Waals surface area contributed by atoms with Crippen molar-refractivity contribution in [2.45, 2.75) is 60.3 Å². The molecule has 0 aromatic rings. The Morgan fingerprint density at radius 2 is 1.47 bits per heavy atom. The fourth-order valence-electron chi connectivity index (χ4n) is 3.94.